The second kappa shape index (κ2) is 7.97. The maximum Gasteiger partial charge on any atom is 0.341 e. The monoisotopic (exact) mass is 426 g/mol. The van der Waals surface area contributed by atoms with Crippen LogP contribution in [0, 0.1) is 20.8 Å². The molecule has 0 bridgehead atoms. The molecule has 0 saturated heterocycles. The van der Waals surface area contributed by atoms with Gasteiger partial charge in [0.2, 0.25) is 5.91 Å². The van der Waals surface area contributed by atoms with E-state index in [2.05, 4.69) is 21.2 Å². The number of amides is 1. The van der Waals surface area contributed by atoms with Crippen LogP contribution in [0.15, 0.2) is 21.5 Å². The van der Waals surface area contributed by atoms with Crippen LogP contribution >= 0.6 is 27.3 Å². The van der Waals surface area contributed by atoms with Crippen molar-refractivity contribution in [2.24, 2.45) is 0 Å². The lowest BCUT2D eigenvalue weighted by Gasteiger charge is -2.09. The topological polar surface area (TPSA) is 77.4 Å². The molecule has 0 aliphatic carbocycles. The van der Waals surface area contributed by atoms with E-state index >= 15 is 0 Å². The highest BCUT2D eigenvalue weighted by molar-refractivity contribution is 9.10. The zero-order chi connectivity index (χ0) is 18.7. The molecule has 0 spiro atoms. The van der Waals surface area contributed by atoms with Crippen molar-refractivity contribution in [2.45, 2.75) is 34.2 Å². The molecule has 2 rings (SSSR count). The number of aromatic nitrogens is 1. The lowest BCUT2D eigenvalue weighted by atomic mass is 10.1. The van der Waals surface area contributed by atoms with Crippen LogP contribution in [0.3, 0.4) is 0 Å². The van der Waals surface area contributed by atoms with Gasteiger partial charge < -0.3 is 14.6 Å². The van der Waals surface area contributed by atoms with Crippen molar-refractivity contribution < 1.29 is 14.3 Å². The Morgan fingerprint density at radius 2 is 2.00 bits per heavy atom. The Kier molecular flexibility index (Phi) is 6.18. The smallest absolute Gasteiger partial charge is 0.341 e. The van der Waals surface area contributed by atoms with Crippen molar-refractivity contribution in [3.63, 3.8) is 0 Å². The van der Waals surface area contributed by atoms with Crippen LogP contribution in [0.5, 0.6) is 0 Å². The fourth-order valence-electron chi connectivity index (χ4n) is 2.34. The van der Waals surface area contributed by atoms with Gasteiger partial charge in [-0.1, -0.05) is 0 Å². The fraction of sp³-hybridized carbons (Fsp3) is 0.353. The van der Waals surface area contributed by atoms with Crippen LogP contribution in [0.2, 0.25) is 0 Å². The molecule has 0 aliphatic rings. The number of esters is 1. The SMILES string of the molecule is CCOC(=O)c1c(NC(=O)Cn2cc(C)cc(Br)c2=O)sc(C)c1C. The molecule has 0 fully saturated rings. The molecule has 8 heteroatoms. The first kappa shape index (κ1) is 19.4. The van der Waals surface area contributed by atoms with Crippen LogP contribution in [-0.2, 0) is 16.1 Å². The standard InChI is InChI=1S/C17H19BrN2O4S/c1-5-24-17(23)14-10(3)11(4)25-15(14)19-13(21)8-20-7-9(2)6-12(18)16(20)22/h6-7H,5,8H2,1-4H3,(H,19,21). The number of aryl methyl sites for hydroxylation is 2. The molecule has 25 heavy (non-hydrogen) atoms. The Morgan fingerprint density at radius 3 is 2.64 bits per heavy atom. The molecular formula is C17H19BrN2O4S. The van der Waals surface area contributed by atoms with E-state index in [9.17, 15) is 14.4 Å². The van der Waals surface area contributed by atoms with Gasteiger partial charge in [0, 0.05) is 11.1 Å². The van der Waals surface area contributed by atoms with Gasteiger partial charge in [-0.3, -0.25) is 9.59 Å². The van der Waals surface area contributed by atoms with Crippen LogP contribution in [0.25, 0.3) is 0 Å². The molecular weight excluding hydrogens is 408 g/mol. The summed E-state index contributed by atoms with van der Waals surface area (Å²) in [6.45, 7) is 7.37. The zero-order valence-corrected chi connectivity index (χ0v) is 16.8. The van der Waals surface area contributed by atoms with E-state index in [0.717, 1.165) is 16.0 Å². The lowest BCUT2D eigenvalue weighted by molar-refractivity contribution is -0.116. The molecule has 0 aromatic carbocycles. The lowest BCUT2D eigenvalue weighted by Crippen LogP contribution is -2.28. The molecule has 2 aromatic rings. The van der Waals surface area contributed by atoms with E-state index in [-0.39, 0.29) is 24.6 Å². The minimum atomic E-state index is -0.463. The zero-order valence-electron chi connectivity index (χ0n) is 14.4. The van der Waals surface area contributed by atoms with Gasteiger partial charge in [-0.15, -0.1) is 11.3 Å². The number of hydrogen-bond acceptors (Lipinski definition) is 5. The summed E-state index contributed by atoms with van der Waals surface area (Å²) in [5, 5.41) is 3.17. The van der Waals surface area contributed by atoms with E-state index in [1.165, 1.54) is 15.9 Å². The summed E-state index contributed by atoms with van der Waals surface area (Å²) in [5.74, 6) is -0.846. The van der Waals surface area contributed by atoms with E-state index in [1.54, 1.807) is 19.2 Å². The van der Waals surface area contributed by atoms with Gasteiger partial charge in [-0.2, -0.15) is 0 Å². The molecule has 0 saturated carbocycles. The van der Waals surface area contributed by atoms with Crippen LogP contribution in [-0.4, -0.2) is 23.1 Å². The predicted molar refractivity (Wildman–Crippen MR) is 102 cm³/mol. The van der Waals surface area contributed by atoms with Crippen molar-refractivity contribution in [1.29, 1.82) is 0 Å². The third kappa shape index (κ3) is 4.38. The number of halogens is 1. The summed E-state index contributed by atoms with van der Waals surface area (Å²) in [6.07, 6.45) is 1.61. The van der Waals surface area contributed by atoms with E-state index in [0.29, 0.717) is 15.0 Å². The first-order valence-electron chi connectivity index (χ1n) is 7.68. The highest BCUT2D eigenvalue weighted by Gasteiger charge is 2.22. The number of carbonyl (C=O) groups excluding carboxylic acids is 2. The molecule has 2 heterocycles. The Balaban J connectivity index is 2.26. The van der Waals surface area contributed by atoms with Gasteiger partial charge in [0.05, 0.1) is 16.6 Å². The minimum Gasteiger partial charge on any atom is -0.462 e. The average Bonchev–Trinajstić information content (AvgIpc) is 2.78. The number of nitrogens with zero attached hydrogens (tertiary/aromatic N) is 1. The highest BCUT2D eigenvalue weighted by Crippen LogP contribution is 2.33. The molecule has 2 aromatic heterocycles. The van der Waals surface area contributed by atoms with Gasteiger partial charge in [0.25, 0.3) is 5.56 Å². The van der Waals surface area contributed by atoms with Gasteiger partial charge in [-0.05, 0) is 60.8 Å². The number of thiophene rings is 1. The van der Waals surface area contributed by atoms with Crippen molar-refractivity contribution in [2.75, 3.05) is 11.9 Å². The number of ether oxygens (including phenoxy) is 1. The molecule has 1 amide bonds. The first-order chi connectivity index (χ1) is 11.7. The van der Waals surface area contributed by atoms with Crippen LogP contribution < -0.4 is 10.9 Å². The molecule has 134 valence electrons. The van der Waals surface area contributed by atoms with Gasteiger partial charge in [0.15, 0.2) is 0 Å². The number of pyridine rings is 1. The summed E-state index contributed by atoms with van der Waals surface area (Å²) >= 11 is 4.51. The largest absolute Gasteiger partial charge is 0.462 e. The Hall–Kier alpha value is -1.93. The predicted octanol–water partition coefficient (Wildman–Crippen LogP) is 3.41. The molecule has 6 nitrogen and oxygen atoms in total. The Labute approximate surface area is 157 Å². The summed E-state index contributed by atoms with van der Waals surface area (Å²) in [4.78, 5) is 37.5. The number of hydrogen-bond donors (Lipinski definition) is 1. The summed E-state index contributed by atoms with van der Waals surface area (Å²) in [7, 11) is 0. The normalized spacial score (nSPS) is 10.6. The summed E-state index contributed by atoms with van der Waals surface area (Å²) in [5.41, 5.74) is 1.73. The van der Waals surface area contributed by atoms with Crippen molar-refractivity contribution in [3.8, 4) is 0 Å². The fourth-order valence-corrected chi connectivity index (χ4v) is 4.00. The van der Waals surface area contributed by atoms with Crippen LogP contribution in [0.1, 0.15) is 33.3 Å². The molecule has 0 atom stereocenters. The minimum absolute atomic E-state index is 0.141. The number of carbonyl (C=O) groups is 2. The van der Waals surface area contributed by atoms with Gasteiger partial charge in [0.1, 0.15) is 11.5 Å². The second-order valence-corrected chi connectivity index (χ2v) is 7.63. The van der Waals surface area contributed by atoms with Crippen molar-refractivity contribution >= 4 is 44.1 Å². The maximum atomic E-state index is 12.4. The van der Waals surface area contributed by atoms with Gasteiger partial charge in [-0.25, -0.2) is 4.79 Å². The summed E-state index contributed by atoms with van der Waals surface area (Å²) in [6, 6.07) is 1.70. The van der Waals surface area contributed by atoms with E-state index < -0.39 is 5.97 Å². The number of rotatable bonds is 5. The molecule has 1 N–H and O–H groups in total. The quantitative estimate of drug-likeness (QED) is 0.742. The Bertz CT molecular complexity index is 886. The second-order valence-electron chi connectivity index (χ2n) is 5.55. The van der Waals surface area contributed by atoms with Crippen molar-refractivity contribution in [3.05, 3.63) is 48.7 Å². The summed E-state index contributed by atoms with van der Waals surface area (Å²) < 4.78 is 6.79. The van der Waals surface area contributed by atoms with E-state index in [1.807, 2.05) is 20.8 Å². The number of anilines is 1. The van der Waals surface area contributed by atoms with Crippen molar-refractivity contribution in [1.82, 2.24) is 4.57 Å². The first-order valence-corrected chi connectivity index (χ1v) is 9.29. The molecule has 0 aliphatic heterocycles. The Morgan fingerprint density at radius 1 is 1.32 bits per heavy atom. The molecule has 0 radical (unpaired) electrons. The number of nitrogens with one attached hydrogen (secondary N) is 1. The molecule has 0 unspecified atom stereocenters. The third-order valence-electron chi connectivity index (χ3n) is 3.61. The highest BCUT2D eigenvalue weighted by atomic mass is 79.9. The average molecular weight is 427 g/mol. The third-order valence-corrected chi connectivity index (χ3v) is 5.30. The van der Waals surface area contributed by atoms with Crippen LogP contribution in [0.4, 0.5) is 5.00 Å². The maximum absolute atomic E-state index is 12.4. The van der Waals surface area contributed by atoms with E-state index in [4.69, 9.17) is 4.74 Å². The van der Waals surface area contributed by atoms with Gasteiger partial charge >= 0.3 is 5.97 Å².